The molecule has 1 unspecified atom stereocenters. The Hall–Kier alpha value is 0.254. The third-order valence-corrected chi connectivity index (χ3v) is 5.39. The molecule has 0 saturated heterocycles. The molecule has 0 radical (unpaired) electrons. The van der Waals surface area contributed by atoms with E-state index in [2.05, 4.69) is 60.3 Å². The quantitative estimate of drug-likeness (QED) is 0.527. The normalized spacial score (nSPS) is 24.6. The van der Waals surface area contributed by atoms with E-state index in [1.165, 1.54) is 24.8 Å². The predicted molar refractivity (Wildman–Crippen MR) is 72.7 cm³/mol. The van der Waals surface area contributed by atoms with Crippen molar-refractivity contribution in [3.63, 3.8) is 0 Å². The van der Waals surface area contributed by atoms with Crippen LogP contribution in [0, 0.1) is 11.3 Å². The van der Waals surface area contributed by atoms with Gasteiger partial charge in [-0.15, -0.1) is 0 Å². The minimum atomic E-state index is 0. The molecule has 0 aromatic heterocycles. The molecule has 0 amide bonds. The van der Waals surface area contributed by atoms with Crippen molar-refractivity contribution in [1.82, 2.24) is 0 Å². The Kier molecular flexibility index (Phi) is 5.64. The van der Waals surface area contributed by atoms with E-state index in [4.69, 9.17) is 0 Å². The summed E-state index contributed by atoms with van der Waals surface area (Å²) in [5, 5.41) is 0. The van der Waals surface area contributed by atoms with Crippen molar-refractivity contribution < 1.29 is 45.2 Å². The summed E-state index contributed by atoms with van der Waals surface area (Å²) in [5.74, 6) is 0.651. The number of hydrogen-bond donors (Lipinski definition) is 0. The van der Waals surface area contributed by atoms with Crippen LogP contribution in [0.15, 0.2) is 43.9 Å². The Labute approximate surface area is 147 Å². The van der Waals surface area contributed by atoms with Crippen LogP contribution in [0.5, 0.6) is 0 Å². The van der Waals surface area contributed by atoms with Crippen molar-refractivity contribution in [1.29, 1.82) is 0 Å². The van der Waals surface area contributed by atoms with Crippen LogP contribution in [-0.2, 0) is 20.4 Å². The topological polar surface area (TPSA) is 0 Å². The van der Waals surface area contributed by atoms with E-state index < -0.39 is 0 Å². The maximum Gasteiger partial charge on any atom is -1.00 e. The second kappa shape index (κ2) is 6.17. The Balaban J connectivity index is 0.000001000. The molecule has 1 atom stereocenters. The standard InChI is InChI=1S/C17H21.2ClH.Ti/c1-11-6-5-7-12(11)15-10-16(17(2,3)4)14-9-8-13(14)15;;;/h5-6,15H,7-9H2,1-4H3;2*1H;/q;;;+2/p-2. The molecule has 3 aliphatic carbocycles. The van der Waals surface area contributed by atoms with Crippen molar-refractivity contribution in [2.24, 2.45) is 11.3 Å². The molecule has 107 valence electrons. The van der Waals surface area contributed by atoms with Crippen LogP contribution in [0.25, 0.3) is 0 Å². The fraction of sp³-hybridized carbons (Fsp3) is 0.529. The maximum absolute atomic E-state index is 2.38. The maximum atomic E-state index is 2.38. The molecule has 0 saturated carbocycles. The van der Waals surface area contributed by atoms with Crippen molar-refractivity contribution in [2.45, 2.75) is 47.0 Å². The van der Waals surface area contributed by atoms with Gasteiger partial charge in [0.15, 0.2) is 0 Å². The van der Waals surface area contributed by atoms with Gasteiger partial charge in [-0.05, 0) is 0 Å². The molecular formula is C17H21Cl2Ti. The third kappa shape index (κ3) is 2.65. The average Bonchev–Trinajstić information content (AvgIpc) is 2.70. The summed E-state index contributed by atoms with van der Waals surface area (Å²) in [7, 11) is 0. The van der Waals surface area contributed by atoms with Gasteiger partial charge in [-0.3, -0.25) is 0 Å². The van der Waals surface area contributed by atoms with Crippen LogP contribution in [-0.4, -0.2) is 0 Å². The summed E-state index contributed by atoms with van der Waals surface area (Å²) in [6, 6.07) is 0. The minimum absolute atomic E-state index is 0. The molecule has 0 N–H and O–H groups in total. The van der Waals surface area contributed by atoms with Crippen molar-refractivity contribution in [3.05, 3.63) is 43.9 Å². The molecule has 0 fully saturated rings. The number of halogens is 2. The van der Waals surface area contributed by atoms with Crippen LogP contribution in [0.3, 0.4) is 0 Å². The smallest absolute Gasteiger partial charge is 1.00 e. The first-order valence-corrected chi connectivity index (χ1v) is 7.74. The van der Waals surface area contributed by atoms with Crippen LogP contribution in [0.4, 0.5) is 0 Å². The molecule has 0 aliphatic heterocycles. The van der Waals surface area contributed by atoms with E-state index in [0.29, 0.717) is 11.3 Å². The second-order valence-corrected chi connectivity index (χ2v) is 7.63. The summed E-state index contributed by atoms with van der Waals surface area (Å²) >= 11 is 2.38. The average molecular weight is 344 g/mol. The van der Waals surface area contributed by atoms with Gasteiger partial charge < -0.3 is 24.8 Å². The Bertz CT molecular complexity index is 542. The number of rotatable bonds is 1. The van der Waals surface area contributed by atoms with Gasteiger partial charge in [0.1, 0.15) is 0 Å². The molecule has 0 spiro atoms. The third-order valence-electron chi connectivity index (χ3n) is 4.55. The number of allylic oxidation sites excluding steroid dienone is 8. The monoisotopic (exact) mass is 343 g/mol. The largest absolute Gasteiger partial charge is 1.00 e. The molecule has 3 heteroatoms. The first kappa shape index (κ1) is 18.3. The molecule has 3 rings (SSSR count). The van der Waals surface area contributed by atoms with Gasteiger partial charge in [0.2, 0.25) is 0 Å². The number of hydrogen-bond acceptors (Lipinski definition) is 0. The minimum Gasteiger partial charge on any atom is -1.00 e. The van der Waals surface area contributed by atoms with E-state index in [1.807, 2.05) is 0 Å². The molecule has 0 aromatic carbocycles. The molecule has 0 bridgehead atoms. The summed E-state index contributed by atoms with van der Waals surface area (Å²) < 4.78 is 1.64. The Morgan fingerprint density at radius 2 is 1.75 bits per heavy atom. The van der Waals surface area contributed by atoms with Gasteiger partial charge in [0.05, 0.1) is 0 Å². The van der Waals surface area contributed by atoms with Crippen molar-refractivity contribution >= 4 is 0 Å². The van der Waals surface area contributed by atoms with Gasteiger partial charge in [-0.2, -0.15) is 0 Å². The molecule has 20 heavy (non-hydrogen) atoms. The molecule has 0 nitrogen and oxygen atoms in total. The van der Waals surface area contributed by atoms with Crippen LogP contribution < -0.4 is 24.8 Å². The predicted octanol–water partition coefficient (Wildman–Crippen LogP) is -1.16. The fourth-order valence-corrected chi connectivity index (χ4v) is 5.06. The Morgan fingerprint density at radius 1 is 1.10 bits per heavy atom. The van der Waals surface area contributed by atoms with E-state index >= 15 is 0 Å². The molecule has 0 aromatic rings. The molecule has 3 aliphatic rings. The van der Waals surface area contributed by atoms with Gasteiger partial charge in [-0.25, -0.2) is 0 Å². The van der Waals surface area contributed by atoms with Crippen molar-refractivity contribution in [3.8, 4) is 0 Å². The van der Waals surface area contributed by atoms with Gasteiger partial charge >= 0.3 is 123 Å². The van der Waals surface area contributed by atoms with E-state index in [9.17, 15) is 0 Å². The molecule has 0 heterocycles. The summed E-state index contributed by atoms with van der Waals surface area (Å²) in [5.41, 5.74) is 8.60. The van der Waals surface area contributed by atoms with Crippen LogP contribution in [0.1, 0.15) is 47.0 Å². The summed E-state index contributed by atoms with van der Waals surface area (Å²) in [6.07, 6.45) is 8.44. The van der Waals surface area contributed by atoms with Crippen LogP contribution >= 0.6 is 0 Å². The first-order valence-electron chi connectivity index (χ1n) is 6.96. The first-order chi connectivity index (χ1) is 8.41. The van der Waals surface area contributed by atoms with E-state index in [-0.39, 0.29) is 24.8 Å². The van der Waals surface area contributed by atoms with Crippen LogP contribution in [0.2, 0.25) is 0 Å². The summed E-state index contributed by atoms with van der Waals surface area (Å²) in [6.45, 7) is 9.38. The zero-order valence-electron chi connectivity index (χ0n) is 12.6. The molecular weight excluding hydrogens is 323 g/mol. The SMILES string of the molecule is CC1=C(C2[C]([Ti+2])=C(C(C)(C)C)C3=C2CC3)CC=C1.[Cl-].[Cl-]. The second-order valence-electron chi connectivity index (χ2n) is 6.79. The van der Waals surface area contributed by atoms with E-state index in [0.717, 1.165) is 0 Å². The summed E-state index contributed by atoms with van der Waals surface area (Å²) in [4.78, 5) is 0. The van der Waals surface area contributed by atoms with Gasteiger partial charge in [0.25, 0.3) is 0 Å². The van der Waals surface area contributed by atoms with Gasteiger partial charge in [0, 0.05) is 0 Å². The van der Waals surface area contributed by atoms with Gasteiger partial charge in [-0.1, -0.05) is 0 Å². The Morgan fingerprint density at radius 3 is 2.10 bits per heavy atom. The van der Waals surface area contributed by atoms with E-state index in [1.54, 1.807) is 26.2 Å². The fourth-order valence-electron chi connectivity index (χ4n) is 3.70. The van der Waals surface area contributed by atoms with Crippen molar-refractivity contribution in [2.75, 3.05) is 0 Å². The zero-order valence-corrected chi connectivity index (χ0v) is 15.7. The zero-order chi connectivity index (χ0) is 13.1.